The topological polar surface area (TPSA) is 114 Å². The number of rotatable bonds is 12. The third-order valence-corrected chi connectivity index (χ3v) is 7.61. The average Bonchev–Trinajstić information content (AvgIpc) is 3.73. The van der Waals surface area contributed by atoms with Gasteiger partial charge in [0.15, 0.2) is 6.04 Å². The Labute approximate surface area is 233 Å². The summed E-state index contributed by atoms with van der Waals surface area (Å²) in [6.07, 6.45) is 0.854. The number of carbonyl (C=O) groups is 3. The molecule has 3 aromatic carbocycles. The molecule has 8 heteroatoms. The van der Waals surface area contributed by atoms with Crippen molar-refractivity contribution in [2.75, 3.05) is 6.61 Å². The molecule has 8 nitrogen and oxygen atoms in total. The third kappa shape index (κ3) is 6.51. The van der Waals surface area contributed by atoms with E-state index in [1.807, 2.05) is 66.7 Å². The van der Waals surface area contributed by atoms with Gasteiger partial charge in [-0.15, -0.1) is 0 Å². The first-order chi connectivity index (χ1) is 19.4. The summed E-state index contributed by atoms with van der Waals surface area (Å²) < 4.78 is 11.4. The highest BCUT2D eigenvalue weighted by Crippen LogP contribution is 2.44. The molecule has 1 fully saturated rings. The van der Waals surface area contributed by atoms with Crippen molar-refractivity contribution in [3.63, 3.8) is 0 Å². The van der Waals surface area contributed by atoms with E-state index in [2.05, 4.69) is 22.8 Å². The lowest BCUT2D eigenvalue weighted by Gasteiger charge is -2.25. The molecule has 0 aliphatic heterocycles. The molecule has 0 radical (unpaired) electrons. The van der Waals surface area contributed by atoms with Gasteiger partial charge in [0.1, 0.15) is 12.6 Å². The fourth-order valence-corrected chi connectivity index (χ4v) is 5.23. The molecule has 5 rings (SSSR count). The molecule has 2 amide bonds. The number of aliphatic carboxylic acids is 1. The Kier molecular flexibility index (Phi) is 8.45. The van der Waals surface area contributed by atoms with Crippen LogP contribution in [0.2, 0.25) is 0 Å². The highest BCUT2D eigenvalue weighted by Gasteiger charge is 2.35. The maximum absolute atomic E-state index is 13.2. The number of amides is 2. The Balaban J connectivity index is 1.20. The maximum atomic E-state index is 13.2. The van der Waals surface area contributed by atoms with E-state index in [1.165, 1.54) is 0 Å². The molecule has 0 saturated heterocycles. The van der Waals surface area contributed by atoms with E-state index in [9.17, 15) is 19.5 Å². The second-order valence-electron chi connectivity index (χ2n) is 10.5. The number of nitrogens with one attached hydrogen (secondary N) is 2. The zero-order valence-corrected chi connectivity index (χ0v) is 22.4. The van der Waals surface area contributed by atoms with Gasteiger partial charge in [0.2, 0.25) is 5.91 Å². The first-order valence-electron chi connectivity index (χ1n) is 13.7. The number of benzene rings is 3. The van der Waals surface area contributed by atoms with E-state index >= 15 is 0 Å². The Morgan fingerprint density at radius 1 is 0.875 bits per heavy atom. The SMILES string of the molecule is C[C@@H](OCc1ccccc1)[C@H](NC(=O)C(CC1CC1)NC(=O)OCC1c2ccccc2-c2ccccc21)C(=O)O. The Morgan fingerprint density at radius 3 is 2.08 bits per heavy atom. The first-order valence-corrected chi connectivity index (χ1v) is 13.7. The molecule has 40 heavy (non-hydrogen) atoms. The summed E-state index contributed by atoms with van der Waals surface area (Å²) in [6.45, 7) is 1.95. The van der Waals surface area contributed by atoms with Crippen LogP contribution in [0, 0.1) is 5.92 Å². The normalized spacial score (nSPS) is 16.2. The van der Waals surface area contributed by atoms with Crippen molar-refractivity contribution < 1.29 is 29.0 Å². The molecule has 1 unspecified atom stereocenters. The van der Waals surface area contributed by atoms with Gasteiger partial charge < -0.3 is 25.2 Å². The number of ether oxygens (including phenoxy) is 2. The van der Waals surface area contributed by atoms with Gasteiger partial charge in [-0.3, -0.25) is 4.79 Å². The smallest absolute Gasteiger partial charge is 0.407 e. The highest BCUT2D eigenvalue weighted by molar-refractivity contribution is 5.89. The number of carboxylic acid groups (broad SMARTS) is 1. The molecule has 0 bridgehead atoms. The van der Waals surface area contributed by atoms with Crippen LogP contribution in [0.1, 0.15) is 48.8 Å². The zero-order valence-electron chi connectivity index (χ0n) is 22.4. The first kappa shape index (κ1) is 27.4. The van der Waals surface area contributed by atoms with Crippen molar-refractivity contribution in [1.29, 1.82) is 0 Å². The number of hydrogen-bond donors (Lipinski definition) is 3. The lowest BCUT2D eigenvalue weighted by molar-refractivity contribution is -0.146. The third-order valence-electron chi connectivity index (χ3n) is 7.61. The van der Waals surface area contributed by atoms with Crippen LogP contribution in [0.15, 0.2) is 78.9 Å². The van der Waals surface area contributed by atoms with Crippen molar-refractivity contribution in [2.45, 2.75) is 56.9 Å². The van der Waals surface area contributed by atoms with Gasteiger partial charge in [-0.05, 0) is 47.1 Å². The molecule has 1 saturated carbocycles. The van der Waals surface area contributed by atoms with Gasteiger partial charge in [0, 0.05) is 5.92 Å². The lowest BCUT2D eigenvalue weighted by Crippen LogP contribution is -2.55. The van der Waals surface area contributed by atoms with Crippen molar-refractivity contribution >= 4 is 18.0 Å². The van der Waals surface area contributed by atoms with Gasteiger partial charge in [-0.2, -0.15) is 0 Å². The van der Waals surface area contributed by atoms with Crippen LogP contribution in [-0.2, 0) is 25.7 Å². The van der Waals surface area contributed by atoms with E-state index in [0.717, 1.165) is 40.7 Å². The fraction of sp³-hybridized carbons (Fsp3) is 0.344. The van der Waals surface area contributed by atoms with Gasteiger partial charge in [-0.25, -0.2) is 9.59 Å². The summed E-state index contributed by atoms with van der Waals surface area (Å²) in [4.78, 5) is 38.1. The van der Waals surface area contributed by atoms with Crippen LogP contribution >= 0.6 is 0 Å². The minimum atomic E-state index is -1.28. The molecular formula is C32H34N2O6. The molecule has 3 atom stereocenters. The predicted octanol–water partition coefficient (Wildman–Crippen LogP) is 4.87. The second-order valence-corrected chi connectivity index (χ2v) is 10.5. The number of fused-ring (bicyclic) bond motifs is 3. The summed E-state index contributed by atoms with van der Waals surface area (Å²) in [5.41, 5.74) is 5.34. The van der Waals surface area contributed by atoms with Crippen molar-refractivity contribution in [3.05, 3.63) is 95.6 Å². The number of carboxylic acids is 1. The van der Waals surface area contributed by atoms with Crippen molar-refractivity contribution in [3.8, 4) is 11.1 Å². The summed E-state index contributed by atoms with van der Waals surface area (Å²) in [7, 11) is 0. The van der Waals surface area contributed by atoms with Gasteiger partial charge in [0.25, 0.3) is 0 Å². The summed E-state index contributed by atoms with van der Waals surface area (Å²) in [5, 5.41) is 15.1. The minimum Gasteiger partial charge on any atom is -0.480 e. The van der Waals surface area contributed by atoms with E-state index in [-0.39, 0.29) is 19.1 Å². The molecule has 0 heterocycles. The zero-order chi connectivity index (χ0) is 28.1. The Bertz CT molecular complexity index is 1310. The molecule has 3 aromatic rings. The summed E-state index contributed by atoms with van der Waals surface area (Å²) in [6, 6.07) is 23.3. The van der Waals surface area contributed by atoms with Crippen molar-refractivity contribution in [1.82, 2.24) is 10.6 Å². The second kappa shape index (κ2) is 12.3. The Morgan fingerprint density at radius 2 is 1.48 bits per heavy atom. The summed E-state index contributed by atoms with van der Waals surface area (Å²) >= 11 is 0. The molecular weight excluding hydrogens is 508 g/mol. The average molecular weight is 543 g/mol. The fourth-order valence-electron chi connectivity index (χ4n) is 5.23. The molecule has 3 N–H and O–H groups in total. The number of hydrogen-bond acceptors (Lipinski definition) is 5. The molecule has 2 aliphatic carbocycles. The van der Waals surface area contributed by atoms with Gasteiger partial charge >= 0.3 is 12.1 Å². The monoisotopic (exact) mass is 542 g/mol. The highest BCUT2D eigenvalue weighted by atomic mass is 16.5. The molecule has 0 spiro atoms. The van der Waals surface area contributed by atoms with Crippen LogP contribution < -0.4 is 10.6 Å². The van der Waals surface area contributed by atoms with Crippen LogP contribution in [0.25, 0.3) is 11.1 Å². The quantitative estimate of drug-likeness (QED) is 0.301. The van der Waals surface area contributed by atoms with E-state index in [0.29, 0.717) is 12.3 Å². The van der Waals surface area contributed by atoms with Crippen LogP contribution in [0.3, 0.4) is 0 Å². The van der Waals surface area contributed by atoms with Crippen molar-refractivity contribution in [2.24, 2.45) is 5.92 Å². The lowest BCUT2D eigenvalue weighted by atomic mass is 9.98. The Hall–Kier alpha value is -4.17. The van der Waals surface area contributed by atoms with Gasteiger partial charge in [0.05, 0.1) is 12.7 Å². The largest absolute Gasteiger partial charge is 0.480 e. The van der Waals surface area contributed by atoms with Crippen LogP contribution in [-0.4, -0.2) is 47.9 Å². The molecule has 2 aliphatic rings. The number of alkyl carbamates (subject to hydrolysis) is 1. The minimum absolute atomic E-state index is 0.104. The standard InChI is InChI=1S/C32H34N2O6/c1-20(39-18-22-9-3-2-4-10-22)29(31(36)37)34-30(35)28(17-21-15-16-21)33-32(38)40-19-27-25-13-7-5-11-23(25)24-12-6-8-14-26(24)27/h2-14,20-21,27-29H,15-19H2,1H3,(H,33,38)(H,34,35)(H,36,37)/t20-,28?,29+/m1/s1. The maximum Gasteiger partial charge on any atom is 0.407 e. The predicted molar refractivity (Wildman–Crippen MR) is 150 cm³/mol. The number of carbonyl (C=O) groups excluding carboxylic acids is 2. The van der Waals surface area contributed by atoms with Gasteiger partial charge in [-0.1, -0.05) is 91.7 Å². The van der Waals surface area contributed by atoms with Crippen LogP contribution in [0.5, 0.6) is 0 Å². The summed E-state index contributed by atoms with van der Waals surface area (Å²) in [5.74, 6) is -1.57. The van der Waals surface area contributed by atoms with Crippen LogP contribution in [0.4, 0.5) is 4.79 Å². The van der Waals surface area contributed by atoms with E-state index < -0.39 is 36.2 Å². The molecule has 208 valence electrons. The van der Waals surface area contributed by atoms with E-state index in [1.54, 1.807) is 6.92 Å². The van der Waals surface area contributed by atoms with E-state index in [4.69, 9.17) is 9.47 Å². The molecule has 0 aromatic heterocycles.